The van der Waals surface area contributed by atoms with Gasteiger partial charge in [-0.05, 0) is 60.4 Å². The highest BCUT2D eigenvalue weighted by atomic mass is 19.1. The molecule has 2 aromatic heterocycles. The van der Waals surface area contributed by atoms with Gasteiger partial charge in [0.05, 0.1) is 48.7 Å². The Bertz CT molecular complexity index is 1490. The topological polar surface area (TPSA) is 108 Å². The van der Waals surface area contributed by atoms with Crippen molar-refractivity contribution in [3.63, 3.8) is 0 Å². The fraction of sp³-hybridized carbons (Fsp3) is 0.267. The summed E-state index contributed by atoms with van der Waals surface area (Å²) in [6.07, 6.45) is 2.73. The number of aromatic nitrogens is 3. The molecule has 5 rings (SSSR count). The van der Waals surface area contributed by atoms with E-state index in [1.165, 1.54) is 0 Å². The van der Waals surface area contributed by atoms with Crippen LogP contribution in [0.15, 0.2) is 72.0 Å². The molecule has 2 aromatic carbocycles. The number of nitrogens with one attached hydrogen (secondary N) is 2. The zero-order valence-electron chi connectivity index (χ0n) is 22.7. The lowest BCUT2D eigenvalue weighted by Crippen LogP contribution is -2.49. The van der Waals surface area contributed by atoms with E-state index >= 15 is 0 Å². The zero-order valence-corrected chi connectivity index (χ0v) is 22.7. The molecule has 0 spiro atoms. The minimum atomic E-state index is -0.475. The average molecular weight is 542 g/mol. The molecule has 0 bridgehead atoms. The molecule has 1 aliphatic rings. The van der Waals surface area contributed by atoms with Gasteiger partial charge in [-0.1, -0.05) is 38.1 Å². The molecule has 10 heteroatoms. The Hall–Kier alpha value is -4.57. The second-order valence-corrected chi connectivity index (χ2v) is 9.94. The number of benzene rings is 2. The van der Waals surface area contributed by atoms with Gasteiger partial charge in [0.2, 0.25) is 5.95 Å². The van der Waals surface area contributed by atoms with Crippen LogP contribution in [0, 0.1) is 18.7 Å². The normalized spacial score (nSPS) is 15.5. The van der Waals surface area contributed by atoms with Crippen molar-refractivity contribution in [2.24, 2.45) is 11.0 Å². The summed E-state index contributed by atoms with van der Waals surface area (Å²) in [5.74, 6) is 0.485. The third-order valence-corrected chi connectivity index (χ3v) is 6.74. The van der Waals surface area contributed by atoms with Crippen LogP contribution in [0.4, 0.5) is 27.5 Å². The molecule has 9 nitrogen and oxygen atoms in total. The van der Waals surface area contributed by atoms with Crippen molar-refractivity contribution >= 4 is 29.4 Å². The maximum atomic E-state index is 14.6. The first-order valence-electron chi connectivity index (χ1n) is 13.2. The molecule has 40 heavy (non-hydrogen) atoms. The molecular weight excluding hydrogens is 509 g/mol. The van der Waals surface area contributed by atoms with Gasteiger partial charge in [-0.25, -0.2) is 19.8 Å². The highest BCUT2D eigenvalue weighted by molar-refractivity contribution is 5.79. The van der Waals surface area contributed by atoms with Crippen LogP contribution in [0.3, 0.4) is 0 Å². The van der Waals surface area contributed by atoms with Crippen LogP contribution in [0.1, 0.15) is 25.2 Å². The number of hydrogen-bond donors (Lipinski definition) is 3. The molecule has 206 valence electrons. The van der Waals surface area contributed by atoms with Crippen LogP contribution in [-0.4, -0.2) is 52.1 Å². The van der Waals surface area contributed by atoms with E-state index < -0.39 is 5.82 Å². The monoisotopic (exact) mass is 541 g/mol. The van der Waals surface area contributed by atoms with Crippen molar-refractivity contribution in [1.29, 1.82) is 0 Å². The average Bonchev–Trinajstić information content (AvgIpc) is 2.96. The number of aryl methyl sites for hydroxylation is 1. The number of phenols is 1. The molecule has 1 aliphatic heterocycles. The maximum absolute atomic E-state index is 14.6. The highest BCUT2D eigenvalue weighted by Gasteiger charge is 2.29. The first-order valence-corrected chi connectivity index (χ1v) is 13.2. The molecule has 1 saturated heterocycles. The standard InChI is InChI=1S/C30H32FN7O2/c1-19(2)28-18-40-14-13-38(28)29-26(31)17-32-30(36-29)37-33-16-24-11-12-27(20(3)34-24)35-23-9-7-21(8-10-23)22-5-4-6-25(39)15-22/h4-12,15-17,19,28,35,39H,13-14,18H2,1-3H3,(H,32,36,37)/b33-16+. The number of anilines is 4. The van der Waals surface area contributed by atoms with Gasteiger partial charge in [-0.3, -0.25) is 0 Å². The maximum Gasteiger partial charge on any atom is 0.245 e. The number of aromatic hydroxyl groups is 1. The van der Waals surface area contributed by atoms with E-state index in [9.17, 15) is 9.50 Å². The van der Waals surface area contributed by atoms with Crippen LogP contribution in [-0.2, 0) is 4.74 Å². The lowest BCUT2D eigenvalue weighted by Gasteiger charge is -2.38. The quantitative estimate of drug-likeness (QED) is 0.191. The molecule has 0 aliphatic carbocycles. The molecule has 1 unspecified atom stereocenters. The van der Waals surface area contributed by atoms with Crippen molar-refractivity contribution in [3.05, 3.63) is 84.1 Å². The third kappa shape index (κ3) is 6.35. The lowest BCUT2D eigenvalue weighted by atomic mass is 10.0. The van der Waals surface area contributed by atoms with Crippen molar-refractivity contribution in [3.8, 4) is 16.9 Å². The summed E-state index contributed by atoms with van der Waals surface area (Å²) in [5, 5.41) is 17.3. The molecule has 1 fully saturated rings. The summed E-state index contributed by atoms with van der Waals surface area (Å²) in [5.41, 5.74) is 7.98. The van der Waals surface area contributed by atoms with E-state index in [0.717, 1.165) is 34.4 Å². The fourth-order valence-electron chi connectivity index (χ4n) is 4.58. The first kappa shape index (κ1) is 27.0. The minimum absolute atomic E-state index is 0.0325. The van der Waals surface area contributed by atoms with Crippen molar-refractivity contribution in [2.45, 2.75) is 26.8 Å². The van der Waals surface area contributed by atoms with E-state index in [2.05, 4.69) is 44.6 Å². The molecule has 0 radical (unpaired) electrons. The number of pyridine rings is 1. The van der Waals surface area contributed by atoms with Crippen molar-refractivity contribution < 1.29 is 14.2 Å². The van der Waals surface area contributed by atoms with E-state index in [1.807, 2.05) is 60.4 Å². The van der Waals surface area contributed by atoms with Crippen LogP contribution >= 0.6 is 0 Å². The van der Waals surface area contributed by atoms with E-state index in [4.69, 9.17) is 4.74 Å². The largest absolute Gasteiger partial charge is 0.508 e. The summed E-state index contributed by atoms with van der Waals surface area (Å²) >= 11 is 0. The summed E-state index contributed by atoms with van der Waals surface area (Å²) in [6, 6.07) is 18.9. The van der Waals surface area contributed by atoms with Gasteiger partial charge in [0.25, 0.3) is 0 Å². The zero-order chi connectivity index (χ0) is 28.1. The Morgan fingerprint density at radius 1 is 1.10 bits per heavy atom. The molecular formula is C30H32FN7O2. The van der Waals surface area contributed by atoms with Gasteiger partial charge in [0.1, 0.15) is 5.75 Å². The van der Waals surface area contributed by atoms with Gasteiger partial charge in [-0.2, -0.15) is 10.1 Å². The predicted octanol–water partition coefficient (Wildman–Crippen LogP) is 5.74. The second-order valence-electron chi connectivity index (χ2n) is 9.94. The molecule has 4 aromatic rings. The Balaban J connectivity index is 1.23. The molecule has 1 atom stereocenters. The van der Waals surface area contributed by atoms with Gasteiger partial charge in [0.15, 0.2) is 11.6 Å². The minimum Gasteiger partial charge on any atom is -0.508 e. The molecule has 0 amide bonds. The fourth-order valence-corrected chi connectivity index (χ4v) is 4.58. The molecule has 0 saturated carbocycles. The van der Waals surface area contributed by atoms with Crippen molar-refractivity contribution in [1.82, 2.24) is 15.0 Å². The van der Waals surface area contributed by atoms with Crippen molar-refractivity contribution in [2.75, 3.05) is 35.4 Å². The summed E-state index contributed by atoms with van der Waals surface area (Å²) in [7, 11) is 0. The van der Waals surface area contributed by atoms with Crippen LogP contribution in [0.25, 0.3) is 11.1 Å². The number of nitrogens with zero attached hydrogens (tertiary/aromatic N) is 5. The predicted molar refractivity (Wildman–Crippen MR) is 156 cm³/mol. The van der Waals surface area contributed by atoms with Gasteiger partial charge in [-0.15, -0.1) is 0 Å². The number of rotatable bonds is 8. The van der Waals surface area contributed by atoms with E-state index in [1.54, 1.807) is 18.3 Å². The lowest BCUT2D eigenvalue weighted by molar-refractivity contribution is 0.0798. The number of hydrazone groups is 1. The third-order valence-electron chi connectivity index (χ3n) is 6.74. The summed E-state index contributed by atoms with van der Waals surface area (Å²) < 4.78 is 20.2. The number of morpholine rings is 1. The highest BCUT2D eigenvalue weighted by Crippen LogP contribution is 2.27. The number of ether oxygens (including phenoxy) is 1. The van der Waals surface area contributed by atoms with E-state index in [-0.39, 0.29) is 29.5 Å². The summed E-state index contributed by atoms with van der Waals surface area (Å²) in [6.45, 7) is 7.69. The van der Waals surface area contributed by atoms with Gasteiger partial charge in [0, 0.05) is 12.2 Å². The Labute approximate surface area is 232 Å². The number of phenolic OH excluding ortho intramolecular Hbond substituents is 1. The van der Waals surface area contributed by atoms with Crippen LogP contribution in [0.2, 0.25) is 0 Å². The van der Waals surface area contributed by atoms with Gasteiger partial charge >= 0.3 is 0 Å². The summed E-state index contributed by atoms with van der Waals surface area (Å²) in [4.78, 5) is 15.0. The smallest absolute Gasteiger partial charge is 0.245 e. The Kier molecular flexibility index (Phi) is 8.16. The SMILES string of the molecule is Cc1nc(/C=N/Nc2ncc(F)c(N3CCOCC3C(C)C)n2)ccc1Nc1ccc(-c2cccc(O)c2)cc1. The Morgan fingerprint density at radius 3 is 2.67 bits per heavy atom. The number of halogens is 1. The van der Waals surface area contributed by atoms with Crippen LogP contribution in [0.5, 0.6) is 5.75 Å². The van der Waals surface area contributed by atoms with E-state index in [0.29, 0.717) is 25.5 Å². The first-order chi connectivity index (χ1) is 19.4. The molecule has 3 heterocycles. The number of hydrogen-bond acceptors (Lipinski definition) is 9. The Morgan fingerprint density at radius 2 is 1.93 bits per heavy atom. The van der Waals surface area contributed by atoms with Crippen LogP contribution < -0.4 is 15.6 Å². The molecule has 3 N–H and O–H groups in total. The second kappa shape index (κ2) is 12.1. The van der Waals surface area contributed by atoms with Gasteiger partial charge < -0.3 is 20.1 Å².